The Morgan fingerprint density at radius 1 is 1.24 bits per heavy atom. The van der Waals surface area contributed by atoms with Gasteiger partial charge in [0.1, 0.15) is 12.1 Å². The SMILES string of the molecule is Cc1ccc(Br)cc1Oc1ncnc(C)c1F. The first kappa shape index (κ1) is 12.0. The van der Waals surface area contributed by atoms with E-state index >= 15 is 0 Å². The number of benzene rings is 1. The lowest BCUT2D eigenvalue weighted by molar-refractivity contribution is 0.414. The molecule has 0 amide bonds. The van der Waals surface area contributed by atoms with Crippen molar-refractivity contribution in [2.75, 3.05) is 0 Å². The first-order chi connectivity index (χ1) is 8.08. The number of aromatic nitrogens is 2. The van der Waals surface area contributed by atoms with Crippen molar-refractivity contribution in [3.8, 4) is 11.6 Å². The fraction of sp³-hybridized carbons (Fsp3) is 0.167. The van der Waals surface area contributed by atoms with Crippen molar-refractivity contribution in [3.63, 3.8) is 0 Å². The van der Waals surface area contributed by atoms with Crippen molar-refractivity contribution >= 4 is 15.9 Å². The van der Waals surface area contributed by atoms with Crippen LogP contribution in [0.15, 0.2) is 29.0 Å². The van der Waals surface area contributed by atoms with Crippen molar-refractivity contribution < 1.29 is 9.13 Å². The molecule has 5 heteroatoms. The summed E-state index contributed by atoms with van der Waals surface area (Å²) in [5.74, 6) is -0.0260. The summed E-state index contributed by atoms with van der Waals surface area (Å²) in [6, 6.07) is 5.54. The predicted molar refractivity (Wildman–Crippen MR) is 65.7 cm³/mol. The first-order valence-corrected chi connectivity index (χ1v) is 5.78. The minimum absolute atomic E-state index is 0.0568. The molecular weight excluding hydrogens is 287 g/mol. The van der Waals surface area contributed by atoms with Crippen molar-refractivity contribution in [1.82, 2.24) is 9.97 Å². The van der Waals surface area contributed by atoms with Crippen LogP contribution in [0.4, 0.5) is 4.39 Å². The summed E-state index contributed by atoms with van der Waals surface area (Å²) in [6.07, 6.45) is 1.28. The van der Waals surface area contributed by atoms with Gasteiger partial charge in [-0.1, -0.05) is 22.0 Å². The van der Waals surface area contributed by atoms with E-state index in [-0.39, 0.29) is 11.6 Å². The molecule has 1 aromatic heterocycles. The summed E-state index contributed by atoms with van der Waals surface area (Å²) >= 11 is 3.34. The average Bonchev–Trinajstić information content (AvgIpc) is 2.30. The highest BCUT2D eigenvalue weighted by Crippen LogP contribution is 2.28. The van der Waals surface area contributed by atoms with Crippen molar-refractivity contribution in [1.29, 1.82) is 0 Å². The minimum atomic E-state index is -0.535. The molecule has 1 heterocycles. The van der Waals surface area contributed by atoms with Gasteiger partial charge in [0.05, 0.1) is 5.69 Å². The van der Waals surface area contributed by atoms with E-state index in [1.54, 1.807) is 13.0 Å². The molecule has 0 aliphatic carbocycles. The van der Waals surface area contributed by atoms with Crippen LogP contribution in [0, 0.1) is 19.7 Å². The van der Waals surface area contributed by atoms with Gasteiger partial charge in [0.15, 0.2) is 0 Å². The molecule has 0 saturated carbocycles. The third kappa shape index (κ3) is 2.61. The monoisotopic (exact) mass is 296 g/mol. The zero-order valence-corrected chi connectivity index (χ0v) is 11.0. The Morgan fingerprint density at radius 2 is 2.00 bits per heavy atom. The van der Waals surface area contributed by atoms with E-state index in [0.29, 0.717) is 5.75 Å². The van der Waals surface area contributed by atoms with Gasteiger partial charge in [-0.05, 0) is 31.5 Å². The second-order valence-electron chi connectivity index (χ2n) is 3.59. The van der Waals surface area contributed by atoms with Crippen LogP contribution in [-0.4, -0.2) is 9.97 Å². The molecule has 0 aliphatic heterocycles. The van der Waals surface area contributed by atoms with Gasteiger partial charge < -0.3 is 4.74 Å². The van der Waals surface area contributed by atoms with Crippen molar-refractivity contribution in [2.24, 2.45) is 0 Å². The largest absolute Gasteiger partial charge is 0.436 e. The molecule has 1 aromatic carbocycles. The lowest BCUT2D eigenvalue weighted by Gasteiger charge is -2.09. The molecule has 17 heavy (non-hydrogen) atoms. The molecule has 0 atom stereocenters. The van der Waals surface area contributed by atoms with Gasteiger partial charge in [-0.2, -0.15) is 9.37 Å². The molecule has 2 rings (SSSR count). The maximum absolute atomic E-state index is 13.7. The van der Waals surface area contributed by atoms with Crippen LogP contribution in [0.2, 0.25) is 0 Å². The minimum Gasteiger partial charge on any atom is -0.436 e. The molecule has 0 N–H and O–H groups in total. The summed E-state index contributed by atoms with van der Waals surface area (Å²) in [7, 11) is 0. The molecule has 0 fully saturated rings. The third-order valence-corrected chi connectivity index (χ3v) is 2.78. The fourth-order valence-electron chi connectivity index (χ4n) is 1.30. The smallest absolute Gasteiger partial charge is 0.259 e. The summed E-state index contributed by atoms with van der Waals surface area (Å²) in [5.41, 5.74) is 1.17. The van der Waals surface area contributed by atoms with Crippen LogP contribution < -0.4 is 4.74 Å². The molecule has 88 valence electrons. The van der Waals surface area contributed by atoms with E-state index in [9.17, 15) is 4.39 Å². The summed E-state index contributed by atoms with van der Waals surface area (Å²) in [4.78, 5) is 7.53. The molecule has 0 saturated heterocycles. The van der Waals surface area contributed by atoms with E-state index < -0.39 is 5.82 Å². The molecule has 3 nitrogen and oxygen atoms in total. The Bertz CT molecular complexity index is 560. The molecule has 2 aromatic rings. The number of hydrogen-bond acceptors (Lipinski definition) is 3. The lowest BCUT2D eigenvalue weighted by atomic mass is 10.2. The maximum Gasteiger partial charge on any atom is 0.259 e. The fourth-order valence-corrected chi connectivity index (χ4v) is 1.64. The zero-order chi connectivity index (χ0) is 12.4. The lowest BCUT2D eigenvalue weighted by Crippen LogP contribution is -1.97. The number of halogens is 2. The first-order valence-electron chi connectivity index (χ1n) is 4.99. The highest BCUT2D eigenvalue weighted by molar-refractivity contribution is 9.10. The van der Waals surface area contributed by atoms with Crippen LogP contribution in [0.5, 0.6) is 11.6 Å². The third-order valence-electron chi connectivity index (χ3n) is 2.29. The molecular formula is C12H10BrFN2O. The number of hydrogen-bond donors (Lipinski definition) is 0. The quantitative estimate of drug-likeness (QED) is 0.846. The van der Waals surface area contributed by atoms with Crippen LogP contribution in [0.1, 0.15) is 11.3 Å². The number of rotatable bonds is 2. The van der Waals surface area contributed by atoms with Crippen LogP contribution >= 0.6 is 15.9 Å². The van der Waals surface area contributed by atoms with Gasteiger partial charge >= 0.3 is 0 Å². The standard InChI is InChI=1S/C12H10BrFN2O/c1-7-3-4-9(13)5-10(7)17-12-11(14)8(2)15-6-16-12/h3-6H,1-2H3. The highest BCUT2D eigenvalue weighted by Gasteiger charge is 2.11. The van der Waals surface area contributed by atoms with Crippen molar-refractivity contribution in [2.45, 2.75) is 13.8 Å². The van der Waals surface area contributed by atoms with Crippen LogP contribution in [0.25, 0.3) is 0 Å². The van der Waals surface area contributed by atoms with Gasteiger partial charge in [0.2, 0.25) is 5.82 Å². The number of aryl methyl sites for hydroxylation is 2. The Hall–Kier alpha value is -1.49. The average molecular weight is 297 g/mol. The van der Waals surface area contributed by atoms with Gasteiger partial charge in [-0.15, -0.1) is 0 Å². The molecule has 0 spiro atoms. The van der Waals surface area contributed by atoms with Crippen LogP contribution in [0.3, 0.4) is 0 Å². The van der Waals surface area contributed by atoms with Crippen molar-refractivity contribution in [3.05, 3.63) is 46.1 Å². The summed E-state index contributed by atoms with van der Waals surface area (Å²) < 4.78 is 20.0. The second-order valence-corrected chi connectivity index (χ2v) is 4.51. The Morgan fingerprint density at radius 3 is 2.76 bits per heavy atom. The van der Waals surface area contributed by atoms with Gasteiger partial charge in [-0.25, -0.2) is 4.98 Å². The normalized spacial score (nSPS) is 10.4. The number of nitrogens with zero attached hydrogens (tertiary/aromatic N) is 2. The van der Waals surface area contributed by atoms with E-state index in [4.69, 9.17) is 4.74 Å². The van der Waals surface area contributed by atoms with Gasteiger partial charge in [-0.3, -0.25) is 0 Å². The second kappa shape index (κ2) is 4.79. The Kier molecular flexibility index (Phi) is 3.38. The number of ether oxygens (including phenoxy) is 1. The Labute approximate surface area is 107 Å². The van der Waals surface area contributed by atoms with E-state index in [1.165, 1.54) is 6.33 Å². The molecule has 0 unspecified atom stereocenters. The van der Waals surface area contributed by atoms with E-state index in [2.05, 4.69) is 25.9 Å². The zero-order valence-electron chi connectivity index (χ0n) is 9.37. The maximum atomic E-state index is 13.7. The highest BCUT2D eigenvalue weighted by atomic mass is 79.9. The molecule has 0 aliphatic rings. The van der Waals surface area contributed by atoms with Crippen LogP contribution in [-0.2, 0) is 0 Å². The van der Waals surface area contributed by atoms with E-state index in [0.717, 1.165) is 10.0 Å². The Balaban J connectivity index is 2.38. The predicted octanol–water partition coefficient (Wildman–Crippen LogP) is 3.79. The van der Waals surface area contributed by atoms with Gasteiger partial charge in [0, 0.05) is 4.47 Å². The summed E-state index contributed by atoms with van der Waals surface area (Å²) in [5, 5.41) is 0. The topological polar surface area (TPSA) is 35.0 Å². The van der Waals surface area contributed by atoms with Gasteiger partial charge in [0.25, 0.3) is 5.88 Å². The summed E-state index contributed by atoms with van der Waals surface area (Å²) in [6.45, 7) is 3.45. The molecule has 0 radical (unpaired) electrons. The molecule has 0 bridgehead atoms. The van der Waals surface area contributed by atoms with E-state index in [1.807, 2.05) is 19.1 Å².